The minimum atomic E-state index is -1.32. The van der Waals surface area contributed by atoms with Gasteiger partial charge in [-0.15, -0.1) is 0 Å². The van der Waals surface area contributed by atoms with Crippen LogP contribution in [0.25, 0.3) is 0 Å². The van der Waals surface area contributed by atoms with Crippen molar-refractivity contribution in [2.45, 2.75) is 32.7 Å². The number of aliphatic carboxylic acids is 1. The van der Waals surface area contributed by atoms with E-state index in [1.807, 2.05) is 0 Å². The van der Waals surface area contributed by atoms with Crippen molar-refractivity contribution in [2.75, 3.05) is 20.7 Å². The van der Waals surface area contributed by atoms with Crippen molar-refractivity contribution in [3.63, 3.8) is 0 Å². The Kier molecular flexibility index (Phi) is 6.31. The molecule has 2 amide bonds. The van der Waals surface area contributed by atoms with Gasteiger partial charge in [0.05, 0.1) is 13.0 Å². The number of amides is 2. The maximum Gasteiger partial charge on any atom is 0.329 e. The molecular weight excluding hydrogens is 252 g/mol. The second kappa shape index (κ2) is 6.96. The van der Waals surface area contributed by atoms with Crippen LogP contribution in [0, 0.1) is 5.92 Å². The monoisotopic (exact) mass is 274 g/mol. The van der Waals surface area contributed by atoms with E-state index in [0.717, 1.165) is 0 Å². The van der Waals surface area contributed by atoms with Gasteiger partial charge < -0.3 is 20.1 Å². The van der Waals surface area contributed by atoms with E-state index in [-0.39, 0.29) is 13.0 Å². The average Bonchev–Trinajstić information content (AvgIpc) is 2.36. The summed E-state index contributed by atoms with van der Waals surface area (Å²) < 4.78 is 4.56. The van der Waals surface area contributed by atoms with Crippen LogP contribution in [0.15, 0.2) is 0 Å². The largest absolute Gasteiger partial charge is 0.480 e. The van der Waals surface area contributed by atoms with Gasteiger partial charge in [0.1, 0.15) is 5.54 Å². The number of urea groups is 1. The number of rotatable bonds is 6. The maximum absolute atomic E-state index is 11.9. The number of nitrogens with zero attached hydrogens (tertiary/aromatic N) is 1. The second-order valence-electron chi connectivity index (χ2n) is 4.73. The summed E-state index contributed by atoms with van der Waals surface area (Å²) in [5, 5.41) is 11.5. The smallest absolute Gasteiger partial charge is 0.329 e. The molecule has 0 aliphatic carbocycles. The molecule has 110 valence electrons. The molecule has 0 heterocycles. The number of carboxylic acids is 1. The zero-order valence-electron chi connectivity index (χ0n) is 12.0. The zero-order valence-corrected chi connectivity index (χ0v) is 12.0. The topological polar surface area (TPSA) is 95.9 Å². The highest BCUT2D eigenvalue weighted by atomic mass is 16.5. The number of carbonyl (C=O) groups is 3. The summed E-state index contributed by atoms with van der Waals surface area (Å²) in [7, 11) is 2.77. The second-order valence-corrected chi connectivity index (χ2v) is 4.73. The Morgan fingerprint density at radius 1 is 1.42 bits per heavy atom. The van der Waals surface area contributed by atoms with Crippen molar-refractivity contribution in [1.82, 2.24) is 10.2 Å². The van der Waals surface area contributed by atoms with Gasteiger partial charge in [0.25, 0.3) is 0 Å². The van der Waals surface area contributed by atoms with E-state index in [1.165, 1.54) is 26.0 Å². The lowest BCUT2D eigenvalue weighted by molar-refractivity contribution is -0.146. The molecule has 0 spiro atoms. The van der Waals surface area contributed by atoms with Crippen molar-refractivity contribution in [2.24, 2.45) is 5.92 Å². The third-order valence-corrected chi connectivity index (χ3v) is 3.06. The molecule has 2 N–H and O–H groups in total. The minimum Gasteiger partial charge on any atom is -0.480 e. The van der Waals surface area contributed by atoms with Crippen LogP contribution >= 0.6 is 0 Å². The predicted molar refractivity (Wildman–Crippen MR) is 68.7 cm³/mol. The molecule has 7 heteroatoms. The first-order chi connectivity index (χ1) is 8.67. The van der Waals surface area contributed by atoms with Crippen LogP contribution < -0.4 is 5.32 Å². The van der Waals surface area contributed by atoms with E-state index in [1.54, 1.807) is 13.8 Å². The summed E-state index contributed by atoms with van der Waals surface area (Å²) in [4.78, 5) is 35.5. The Hall–Kier alpha value is -1.79. The van der Waals surface area contributed by atoms with Gasteiger partial charge >= 0.3 is 18.0 Å². The van der Waals surface area contributed by atoms with E-state index in [4.69, 9.17) is 5.11 Å². The van der Waals surface area contributed by atoms with E-state index >= 15 is 0 Å². The van der Waals surface area contributed by atoms with Gasteiger partial charge in [-0.1, -0.05) is 13.8 Å². The average molecular weight is 274 g/mol. The molecule has 0 aliphatic rings. The first kappa shape index (κ1) is 17.2. The first-order valence-electron chi connectivity index (χ1n) is 6.02. The molecule has 0 radical (unpaired) electrons. The fraction of sp³-hybridized carbons (Fsp3) is 0.750. The molecule has 0 aromatic heterocycles. The number of hydrogen-bond acceptors (Lipinski definition) is 4. The molecule has 7 nitrogen and oxygen atoms in total. The molecule has 2 atom stereocenters. The number of methoxy groups -OCH3 is 1. The lowest BCUT2D eigenvalue weighted by Gasteiger charge is -2.28. The van der Waals surface area contributed by atoms with Crippen LogP contribution in [0.5, 0.6) is 0 Å². The molecule has 0 aromatic carbocycles. The van der Waals surface area contributed by atoms with Gasteiger partial charge in [-0.2, -0.15) is 0 Å². The van der Waals surface area contributed by atoms with E-state index < -0.39 is 29.4 Å². The summed E-state index contributed by atoms with van der Waals surface area (Å²) in [5.41, 5.74) is -1.32. The van der Waals surface area contributed by atoms with Crippen LogP contribution in [0.4, 0.5) is 4.79 Å². The van der Waals surface area contributed by atoms with Crippen LogP contribution in [0.2, 0.25) is 0 Å². The summed E-state index contributed by atoms with van der Waals surface area (Å²) >= 11 is 0. The lowest BCUT2D eigenvalue weighted by Crippen LogP contribution is -2.55. The highest BCUT2D eigenvalue weighted by Crippen LogP contribution is 2.10. The number of nitrogens with one attached hydrogen (secondary N) is 1. The number of carbonyl (C=O) groups excluding carboxylic acids is 2. The van der Waals surface area contributed by atoms with Crippen molar-refractivity contribution >= 4 is 18.0 Å². The quantitative estimate of drug-likeness (QED) is 0.695. The van der Waals surface area contributed by atoms with E-state index in [0.29, 0.717) is 0 Å². The van der Waals surface area contributed by atoms with Crippen molar-refractivity contribution in [3.8, 4) is 0 Å². The Balaban J connectivity index is 4.58. The summed E-state index contributed by atoms with van der Waals surface area (Å²) in [6.45, 7) is 4.89. The third-order valence-electron chi connectivity index (χ3n) is 3.06. The highest BCUT2D eigenvalue weighted by molar-refractivity contribution is 5.86. The number of esters is 1. The number of carboxylic acid groups (broad SMARTS) is 1. The molecule has 0 fully saturated rings. The highest BCUT2D eigenvalue weighted by Gasteiger charge is 2.34. The van der Waals surface area contributed by atoms with Crippen molar-refractivity contribution in [1.29, 1.82) is 0 Å². The third kappa shape index (κ3) is 4.76. The van der Waals surface area contributed by atoms with Gasteiger partial charge in [-0.3, -0.25) is 4.79 Å². The standard InChI is InChI=1S/C12H22N2O5/c1-6-12(3,10(16)17)13-11(18)14(4)7-8(2)9(15)19-5/h8H,6-7H2,1-5H3,(H,13,18)(H,16,17). The molecule has 2 unspecified atom stereocenters. The molecule has 0 aliphatic heterocycles. The Labute approximate surface area is 112 Å². The molecule has 19 heavy (non-hydrogen) atoms. The first-order valence-corrected chi connectivity index (χ1v) is 6.02. The Morgan fingerprint density at radius 3 is 2.32 bits per heavy atom. The predicted octanol–water partition coefficient (Wildman–Crippen LogP) is 0.690. The lowest BCUT2D eigenvalue weighted by atomic mass is 10.00. The van der Waals surface area contributed by atoms with Crippen LogP contribution in [0.3, 0.4) is 0 Å². The molecule has 0 rings (SSSR count). The maximum atomic E-state index is 11.9. The van der Waals surface area contributed by atoms with Gasteiger partial charge in [-0.05, 0) is 13.3 Å². The summed E-state index contributed by atoms with van der Waals surface area (Å²) in [6, 6.07) is -0.539. The fourth-order valence-electron chi connectivity index (χ4n) is 1.39. The zero-order chi connectivity index (χ0) is 15.2. The van der Waals surface area contributed by atoms with Gasteiger partial charge in [0.2, 0.25) is 0 Å². The Bertz CT molecular complexity index is 358. The summed E-state index contributed by atoms with van der Waals surface area (Å²) in [5.74, 6) is -1.99. The van der Waals surface area contributed by atoms with Gasteiger partial charge in [0, 0.05) is 13.6 Å². The van der Waals surface area contributed by atoms with Gasteiger partial charge in [-0.25, -0.2) is 9.59 Å². The van der Waals surface area contributed by atoms with Crippen molar-refractivity contribution < 1.29 is 24.2 Å². The molecule has 0 aromatic rings. The number of hydrogen-bond donors (Lipinski definition) is 2. The van der Waals surface area contributed by atoms with E-state index in [9.17, 15) is 14.4 Å². The van der Waals surface area contributed by atoms with Gasteiger partial charge in [0.15, 0.2) is 0 Å². The van der Waals surface area contributed by atoms with E-state index in [2.05, 4.69) is 10.1 Å². The van der Waals surface area contributed by atoms with Crippen LogP contribution in [0.1, 0.15) is 27.2 Å². The van der Waals surface area contributed by atoms with Crippen molar-refractivity contribution in [3.05, 3.63) is 0 Å². The molecule has 0 bridgehead atoms. The van der Waals surface area contributed by atoms with Crippen LogP contribution in [-0.2, 0) is 14.3 Å². The normalized spacial score (nSPS) is 15.0. The fourth-order valence-corrected chi connectivity index (χ4v) is 1.39. The van der Waals surface area contributed by atoms with Crippen LogP contribution in [-0.4, -0.2) is 54.2 Å². The molecular formula is C12H22N2O5. The number of ether oxygens (including phenoxy) is 1. The SMILES string of the molecule is CCC(C)(NC(=O)N(C)CC(C)C(=O)OC)C(=O)O. The molecule has 0 saturated carbocycles. The Morgan fingerprint density at radius 2 is 1.95 bits per heavy atom. The summed E-state index contributed by atoms with van der Waals surface area (Å²) in [6.07, 6.45) is 0.258. The molecule has 0 saturated heterocycles. The minimum absolute atomic E-state index is 0.151.